The van der Waals surface area contributed by atoms with E-state index in [1.165, 1.54) is 12.1 Å². The molecule has 0 unspecified atom stereocenters. The van der Waals surface area contributed by atoms with E-state index >= 15 is 0 Å². The maximum Gasteiger partial charge on any atom is 0.413 e. The highest BCUT2D eigenvalue weighted by molar-refractivity contribution is 6.29. The van der Waals surface area contributed by atoms with Crippen LogP contribution in [0.3, 0.4) is 0 Å². The molecular formula is C14H11ClN2O4. The molecule has 0 saturated heterocycles. The molecule has 0 fully saturated rings. The third-order valence-corrected chi connectivity index (χ3v) is 2.68. The van der Waals surface area contributed by atoms with Crippen LogP contribution in [0.5, 0.6) is 0 Å². The number of benzene rings is 1. The van der Waals surface area contributed by atoms with E-state index < -0.39 is 12.1 Å². The number of rotatable bonds is 4. The number of amides is 1. The number of hydrogen-bond donors (Lipinski definition) is 2. The van der Waals surface area contributed by atoms with E-state index in [9.17, 15) is 9.59 Å². The maximum absolute atomic E-state index is 11.6. The van der Waals surface area contributed by atoms with Crippen LogP contribution in [0.25, 0.3) is 0 Å². The first-order chi connectivity index (χ1) is 10.0. The van der Waals surface area contributed by atoms with E-state index in [1.807, 2.05) is 30.3 Å². The summed E-state index contributed by atoms with van der Waals surface area (Å²) >= 11 is 5.68. The van der Waals surface area contributed by atoms with Crippen molar-refractivity contribution in [3.63, 3.8) is 0 Å². The number of halogens is 1. The summed E-state index contributed by atoms with van der Waals surface area (Å²) < 4.78 is 4.99. The molecule has 0 aliphatic carbocycles. The van der Waals surface area contributed by atoms with Crippen LogP contribution in [0.4, 0.5) is 10.6 Å². The molecule has 2 rings (SSSR count). The molecule has 0 bridgehead atoms. The largest absolute Gasteiger partial charge is 0.478 e. The molecular weight excluding hydrogens is 296 g/mol. The van der Waals surface area contributed by atoms with E-state index in [2.05, 4.69) is 10.3 Å². The third-order valence-electron chi connectivity index (χ3n) is 2.48. The highest BCUT2D eigenvalue weighted by Gasteiger charge is 2.10. The summed E-state index contributed by atoms with van der Waals surface area (Å²) in [6.45, 7) is 0.0963. The van der Waals surface area contributed by atoms with Gasteiger partial charge in [0.05, 0.1) is 5.56 Å². The van der Waals surface area contributed by atoms with Gasteiger partial charge in [-0.1, -0.05) is 41.9 Å². The minimum absolute atomic E-state index is 0.0120. The van der Waals surface area contributed by atoms with Crippen molar-refractivity contribution in [2.45, 2.75) is 6.61 Å². The molecule has 7 heteroatoms. The number of hydrogen-bond acceptors (Lipinski definition) is 4. The van der Waals surface area contributed by atoms with Crippen molar-refractivity contribution in [2.75, 3.05) is 5.32 Å². The number of ether oxygens (including phenoxy) is 1. The Balaban J connectivity index is 1.98. The van der Waals surface area contributed by atoms with Crippen molar-refractivity contribution in [3.05, 3.63) is 58.7 Å². The average molecular weight is 307 g/mol. The first kappa shape index (κ1) is 14.8. The van der Waals surface area contributed by atoms with Gasteiger partial charge in [-0.2, -0.15) is 0 Å². The first-order valence-corrected chi connectivity index (χ1v) is 6.31. The zero-order chi connectivity index (χ0) is 15.2. The normalized spacial score (nSPS) is 9.95. The number of carbonyl (C=O) groups is 2. The molecule has 1 aromatic heterocycles. The predicted octanol–water partition coefficient (Wildman–Crippen LogP) is 3.18. The Kier molecular flexibility index (Phi) is 4.73. The Bertz CT molecular complexity index is 661. The van der Waals surface area contributed by atoms with Crippen molar-refractivity contribution in [2.24, 2.45) is 0 Å². The van der Waals surface area contributed by atoms with Crippen molar-refractivity contribution in [3.8, 4) is 0 Å². The van der Waals surface area contributed by atoms with Crippen LogP contribution in [0, 0.1) is 0 Å². The van der Waals surface area contributed by atoms with E-state index in [-0.39, 0.29) is 23.1 Å². The number of nitrogens with one attached hydrogen (secondary N) is 1. The number of carboxylic acids is 1. The molecule has 0 aliphatic heterocycles. The van der Waals surface area contributed by atoms with Crippen LogP contribution in [0.15, 0.2) is 42.5 Å². The second-order valence-corrected chi connectivity index (χ2v) is 4.44. The molecule has 0 aliphatic rings. The van der Waals surface area contributed by atoms with Gasteiger partial charge in [0.1, 0.15) is 17.6 Å². The van der Waals surface area contributed by atoms with Crippen LogP contribution < -0.4 is 5.32 Å². The summed E-state index contributed by atoms with van der Waals surface area (Å²) in [4.78, 5) is 26.3. The Morgan fingerprint density at radius 3 is 2.62 bits per heavy atom. The predicted molar refractivity (Wildman–Crippen MR) is 76.5 cm³/mol. The monoisotopic (exact) mass is 306 g/mol. The smallest absolute Gasteiger partial charge is 0.413 e. The lowest BCUT2D eigenvalue weighted by molar-refractivity contribution is 0.0696. The van der Waals surface area contributed by atoms with Gasteiger partial charge in [-0.15, -0.1) is 0 Å². The summed E-state index contributed by atoms with van der Waals surface area (Å²) in [5.74, 6) is -1.15. The van der Waals surface area contributed by atoms with Crippen molar-refractivity contribution in [1.82, 2.24) is 4.98 Å². The fraction of sp³-hybridized carbons (Fsp3) is 0.0714. The Hall–Kier alpha value is -2.60. The number of anilines is 1. The van der Waals surface area contributed by atoms with E-state index in [0.717, 1.165) is 5.56 Å². The van der Waals surface area contributed by atoms with Crippen LogP contribution in [0.1, 0.15) is 15.9 Å². The van der Waals surface area contributed by atoms with Crippen molar-refractivity contribution < 1.29 is 19.4 Å². The second kappa shape index (κ2) is 6.71. The summed E-state index contributed by atoms with van der Waals surface area (Å²) in [5.41, 5.74) is 0.756. The van der Waals surface area contributed by atoms with E-state index in [0.29, 0.717) is 0 Å². The van der Waals surface area contributed by atoms with Gasteiger partial charge in [0, 0.05) is 0 Å². The van der Waals surface area contributed by atoms with Crippen LogP contribution in [-0.2, 0) is 11.3 Å². The van der Waals surface area contributed by atoms with E-state index in [1.54, 1.807) is 0 Å². The maximum atomic E-state index is 11.6. The van der Waals surface area contributed by atoms with Crippen LogP contribution in [0.2, 0.25) is 5.15 Å². The molecule has 6 nitrogen and oxygen atoms in total. The molecule has 0 spiro atoms. The first-order valence-electron chi connectivity index (χ1n) is 5.93. The quantitative estimate of drug-likeness (QED) is 0.847. The zero-order valence-electron chi connectivity index (χ0n) is 10.7. The van der Waals surface area contributed by atoms with Gasteiger partial charge < -0.3 is 9.84 Å². The number of aromatic nitrogens is 1. The highest BCUT2D eigenvalue weighted by Crippen LogP contribution is 2.15. The average Bonchev–Trinajstić information content (AvgIpc) is 2.45. The minimum atomic E-state index is -1.17. The molecule has 1 amide bonds. The lowest BCUT2D eigenvalue weighted by atomic mass is 10.2. The van der Waals surface area contributed by atoms with Gasteiger partial charge in [0.15, 0.2) is 0 Å². The van der Waals surface area contributed by atoms with E-state index in [4.69, 9.17) is 21.4 Å². The molecule has 2 N–H and O–H groups in total. The van der Waals surface area contributed by atoms with Crippen molar-refractivity contribution in [1.29, 1.82) is 0 Å². The number of aromatic carboxylic acids is 1. The molecule has 1 heterocycles. The molecule has 0 radical (unpaired) electrons. The van der Waals surface area contributed by atoms with Gasteiger partial charge in [-0.05, 0) is 17.7 Å². The SMILES string of the molecule is O=C(Nc1cc(C(=O)O)cc(Cl)n1)OCc1ccccc1. The standard InChI is InChI=1S/C14H11ClN2O4/c15-11-6-10(13(18)19)7-12(16-11)17-14(20)21-8-9-4-2-1-3-5-9/h1-7H,8H2,(H,18,19)(H,16,17,20). The molecule has 0 saturated carbocycles. The Labute approximate surface area is 125 Å². The second-order valence-electron chi connectivity index (χ2n) is 4.06. The van der Waals surface area contributed by atoms with Gasteiger partial charge in [0.2, 0.25) is 0 Å². The number of carboxylic acid groups (broad SMARTS) is 1. The molecule has 108 valence electrons. The minimum Gasteiger partial charge on any atom is -0.478 e. The molecule has 0 atom stereocenters. The zero-order valence-corrected chi connectivity index (χ0v) is 11.5. The summed E-state index contributed by atoms with van der Waals surface area (Å²) in [7, 11) is 0. The van der Waals surface area contributed by atoms with Crippen molar-refractivity contribution >= 4 is 29.5 Å². The fourth-order valence-electron chi connectivity index (χ4n) is 1.55. The summed E-state index contributed by atoms with van der Waals surface area (Å²) in [6, 6.07) is 11.5. The summed E-state index contributed by atoms with van der Waals surface area (Å²) in [6.07, 6.45) is -0.745. The van der Waals surface area contributed by atoms with Crippen LogP contribution in [-0.4, -0.2) is 22.2 Å². The number of carbonyl (C=O) groups excluding carboxylic acids is 1. The molecule has 21 heavy (non-hydrogen) atoms. The van der Waals surface area contributed by atoms with Gasteiger partial charge >= 0.3 is 12.1 Å². The summed E-state index contributed by atoms with van der Waals surface area (Å²) in [5, 5.41) is 11.2. The lowest BCUT2D eigenvalue weighted by Crippen LogP contribution is -2.15. The highest BCUT2D eigenvalue weighted by atomic mass is 35.5. The molecule has 1 aromatic carbocycles. The number of pyridine rings is 1. The third kappa shape index (κ3) is 4.47. The van der Waals surface area contributed by atoms with Gasteiger partial charge in [-0.3, -0.25) is 5.32 Å². The lowest BCUT2D eigenvalue weighted by Gasteiger charge is -2.07. The fourth-order valence-corrected chi connectivity index (χ4v) is 1.76. The number of nitrogens with zero attached hydrogens (tertiary/aromatic N) is 1. The van der Waals surface area contributed by atoms with Gasteiger partial charge in [0.25, 0.3) is 0 Å². The van der Waals surface area contributed by atoms with Gasteiger partial charge in [-0.25, -0.2) is 14.6 Å². The Morgan fingerprint density at radius 1 is 1.24 bits per heavy atom. The Morgan fingerprint density at radius 2 is 1.95 bits per heavy atom. The van der Waals surface area contributed by atoms with Crippen LogP contribution >= 0.6 is 11.6 Å². The molecule has 2 aromatic rings. The topological polar surface area (TPSA) is 88.5 Å².